The summed E-state index contributed by atoms with van der Waals surface area (Å²) >= 11 is 0. The lowest BCUT2D eigenvalue weighted by Crippen LogP contribution is -2.59. The van der Waals surface area contributed by atoms with E-state index in [0.717, 1.165) is 0 Å². The second kappa shape index (κ2) is 18.5. The van der Waals surface area contributed by atoms with E-state index >= 15 is 0 Å². The summed E-state index contributed by atoms with van der Waals surface area (Å²) in [5, 5.41) is 40.0. The lowest BCUT2D eigenvalue weighted by molar-refractivity contribution is -0.142. The zero-order valence-corrected chi connectivity index (χ0v) is 27.7. The smallest absolute Gasteiger partial charge is 0.326 e. The molecule has 0 heterocycles. The van der Waals surface area contributed by atoms with E-state index in [0.29, 0.717) is 22.3 Å². The summed E-state index contributed by atoms with van der Waals surface area (Å²) in [4.78, 5) is 66.0. The number of aromatic hydroxyl groups is 2. The van der Waals surface area contributed by atoms with Gasteiger partial charge in [0.2, 0.25) is 23.6 Å². The molecular formula is C38H41N5O8. The Bertz CT molecular complexity index is 1770. The van der Waals surface area contributed by atoms with Crippen molar-refractivity contribution in [1.82, 2.24) is 21.3 Å². The van der Waals surface area contributed by atoms with Gasteiger partial charge in [-0.25, -0.2) is 4.79 Å². The number of nitrogens with two attached hydrogens (primary N) is 1. The predicted octanol–water partition coefficient (Wildman–Crippen LogP) is 1.35. The van der Waals surface area contributed by atoms with E-state index in [-0.39, 0.29) is 37.2 Å². The van der Waals surface area contributed by atoms with Gasteiger partial charge in [0.15, 0.2) is 0 Å². The molecule has 0 fully saturated rings. The highest BCUT2D eigenvalue weighted by Crippen LogP contribution is 2.15. The van der Waals surface area contributed by atoms with Crippen molar-refractivity contribution in [3.8, 4) is 11.5 Å². The molecular weight excluding hydrogens is 654 g/mol. The maximum atomic E-state index is 14.1. The van der Waals surface area contributed by atoms with Crippen LogP contribution in [0.25, 0.3) is 0 Å². The number of aliphatic carboxylic acids is 1. The Kier molecular flexibility index (Phi) is 13.7. The first-order valence-electron chi connectivity index (χ1n) is 16.3. The standard InChI is InChI=1S/C38H41N5O8/c39-23-34(46)40-30(20-26-11-15-28(44)16-12-26)35(47)41-32(21-27-13-17-29(45)18-14-27)36(48)42-31(19-24-7-3-1-4-8-24)37(49)43-33(38(50)51)22-25-9-5-2-6-10-25/h1-18,30-33,44-45H,19-23,39H2,(H,40,46)(H,41,47)(H,42,48)(H,43,49)(H,50,51)/t30-,31-,32-,33-/m1/s1. The third-order valence-electron chi connectivity index (χ3n) is 8.04. The van der Waals surface area contributed by atoms with Crippen molar-refractivity contribution in [2.45, 2.75) is 49.9 Å². The van der Waals surface area contributed by atoms with Crippen LogP contribution in [-0.2, 0) is 49.7 Å². The number of benzene rings is 4. The van der Waals surface area contributed by atoms with Gasteiger partial charge in [0.05, 0.1) is 6.54 Å². The lowest BCUT2D eigenvalue weighted by Gasteiger charge is -2.26. The molecule has 0 saturated carbocycles. The minimum atomic E-state index is -1.30. The number of carbonyl (C=O) groups is 5. The average molecular weight is 696 g/mol. The van der Waals surface area contributed by atoms with Crippen molar-refractivity contribution in [3.05, 3.63) is 131 Å². The van der Waals surface area contributed by atoms with E-state index < -0.39 is 60.3 Å². The molecule has 266 valence electrons. The number of rotatable bonds is 17. The number of hydrogen-bond acceptors (Lipinski definition) is 8. The molecule has 4 amide bonds. The van der Waals surface area contributed by atoms with E-state index in [1.807, 2.05) is 0 Å². The number of phenols is 2. The second-order valence-corrected chi connectivity index (χ2v) is 12.0. The molecule has 0 aliphatic heterocycles. The summed E-state index contributed by atoms with van der Waals surface area (Å²) in [6.07, 6.45) is -0.0567. The highest BCUT2D eigenvalue weighted by Gasteiger charge is 2.32. The summed E-state index contributed by atoms with van der Waals surface area (Å²) in [7, 11) is 0. The third kappa shape index (κ3) is 12.0. The van der Waals surface area contributed by atoms with Crippen molar-refractivity contribution in [2.24, 2.45) is 5.73 Å². The van der Waals surface area contributed by atoms with Gasteiger partial charge >= 0.3 is 5.97 Å². The zero-order chi connectivity index (χ0) is 36.8. The van der Waals surface area contributed by atoms with Gasteiger partial charge in [-0.2, -0.15) is 0 Å². The topological polar surface area (TPSA) is 220 Å². The highest BCUT2D eigenvalue weighted by molar-refractivity contribution is 5.95. The van der Waals surface area contributed by atoms with Crippen LogP contribution in [0.15, 0.2) is 109 Å². The van der Waals surface area contributed by atoms with E-state index in [1.165, 1.54) is 24.3 Å². The number of carbonyl (C=O) groups excluding carboxylic acids is 4. The van der Waals surface area contributed by atoms with E-state index in [9.17, 15) is 39.3 Å². The van der Waals surface area contributed by atoms with E-state index in [1.54, 1.807) is 84.9 Å². The van der Waals surface area contributed by atoms with Gasteiger partial charge in [-0.15, -0.1) is 0 Å². The molecule has 4 aromatic carbocycles. The van der Waals surface area contributed by atoms with Crippen LogP contribution in [0.3, 0.4) is 0 Å². The molecule has 0 spiro atoms. The Morgan fingerprint density at radius 1 is 0.471 bits per heavy atom. The molecule has 0 aromatic heterocycles. The molecule has 0 aliphatic rings. The van der Waals surface area contributed by atoms with Gasteiger partial charge in [-0.3, -0.25) is 19.2 Å². The minimum Gasteiger partial charge on any atom is -0.508 e. The number of carboxylic acid groups (broad SMARTS) is 1. The molecule has 0 aliphatic carbocycles. The SMILES string of the molecule is NCC(=O)N[C@H](Cc1ccc(O)cc1)C(=O)N[C@H](Cc1ccc(O)cc1)C(=O)N[C@H](Cc1ccccc1)C(=O)N[C@H](Cc1ccccc1)C(=O)O. The van der Waals surface area contributed by atoms with E-state index in [2.05, 4.69) is 21.3 Å². The lowest BCUT2D eigenvalue weighted by atomic mass is 10.0. The van der Waals surface area contributed by atoms with Gasteiger partial charge in [-0.05, 0) is 46.5 Å². The Labute approximate surface area is 294 Å². The van der Waals surface area contributed by atoms with Crippen LogP contribution in [0.5, 0.6) is 11.5 Å². The molecule has 4 rings (SSSR count). The van der Waals surface area contributed by atoms with Crippen molar-refractivity contribution < 1.29 is 39.3 Å². The van der Waals surface area contributed by atoms with Crippen LogP contribution in [0, 0.1) is 0 Å². The molecule has 0 saturated heterocycles. The Hall–Kier alpha value is -6.21. The molecule has 13 nitrogen and oxygen atoms in total. The van der Waals surface area contributed by atoms with Crippen molar-refractivity contribution >= 4 is 29.6 Å². The quantitative estimate of drug-likeness (QED) is 0.0798. The van der Waals surface area contributed by atoms with Crippen LogP contribution in [0.2, 0.25) is 0 Å². The summed E-state index contributed by atoms with van der Waals surface area (Å²) in [5.41, 5.74) is 8.05. The molecule has 0 bridgehead atoms. The maximum Gasteiger partial charge on any atom is 0.326 e. The number of phenolic OH excluding ortho intramolecular Hbond substituents is 2. The fourth-order valence-electron chi connectivity index (χ4n) is 5.33. The fraction of sp³-hybridized carbons (Fsp3) is 0.237. The normalized spacial score (nSPS) is 13.1. The second-order valence-electron chi connectivity index (χ2n) is 12.0. The van der Waals surface area contributed by atoms with Crippen molar-refractivity contribution in [1.29, 1.82) is 0 Å². The van der Waals surface area contributed by atoms with Gasteiger partial charge in [0, 0.05) is 25.7 Å². The first kappa shape index (κ1) is 37.6. The van der Waals surface area contributed by atoms with Gasteiger partial charge in [-0.1, -0.05) is 84.9 Å². The number of hydrogen-bond donors (Lipinski definition) is 8. The van der Waals surface area contributed by atoms with Gasteiger partial charge < -0.3 is 42.3 Å². The Morgan fingerprint density at radius 3 is 1.14 bits per heavy atom. The fourth-order valence-corrected chi connectivity index (χ4v) is 5.33. The zero-order valence-electron chi connectivity index (χ0n) is 27.7. The van der Waals surface area contributed by atoms with Crippen LogP contribution in [0.1, 0.15) is 22.3 Å². The van der Waals surface area contributed by atoms with Crippen LogP contribution in [0.4, 0.5) is 0 Å². The first-order chi connectivity index (χ1) is 24.5. The summed E-state index contributed by atoms with van der Waals surface area (Å²) in [5.74, 6) is -4.08. The molecule has 51 heavy (non-hydrogen) atoms. The van der Waals surface area contributed by atoms with Gasteiger partial charge in [0.1, 0.15) is 35.7 Å². The molecule has 0 unspecified atom stereocenters. The van der Waals surface area contributed by atoms with Crippen LogP contribution < -0.4 is 27.0 Å². The number of nitrogens with one attached hydrogen (secondary N) is 4. The monoisotopic (exact) mass is 695 g/mol. The summed E-state index contributed by atoms with van der Waals surface area (Å²) < 4.78 is 0. The summed E-state index contributed by atoms with van der Waals surface area (Å²) in [6, 6.07) is 24.6. The third-order valence-corrected chi connectivity index (χ3v) is 8.04. The predicted molar refractivity (Wildman–Crippen MR) is 188 cm³/mol. The molecule has 9 N–H and O–H groups in total. The first-order valence-corrected chi connectivity index (χ1v) is 16.3. The number of amides is 4. The molecule has 0 radical (unpaired) electrons. The molecule has 4 aromatic rings. The maximum absolute atomic E-state index is 14.1. The Morgan fingerprint density at radius 2 is 0.784 bits per heavy atom. The molecule has 13 heteroatoms. The van der Waals surface area contributed by atoms with Crippen LogP contribution >= 0.6 is 0 Å². The largest absolute Gasteiger partial charge is 0.508 e. The molecule has 4 atom stereocenters. The van der Waals surface area contributed by atoms with Crippen molar-refractivity contribution in [2.75, 3.05) is 6.54 Å². The number of carboxylic acids is 1. The van der Waals surface area contributed by atoms with Gasteiger partial charge in [0.25, 0.3) is 0 Å². The summed E-state index contributed by atoms with van der Waals surface area (Å²) in [6.45, 7) is -0.394. The average Bonchev–Trinajstić information content (AvgIpc) is 3.12. The van der Waals surface area contributed by atoms with Crippen LogP contribution in [-0.4, -0.2) is 75.6 Å². The van der Waals surface area contributed by atoms with E-state index in [4.69, 9.17) is 5.73 Å². The van der Waals surface area contributed by atoms with Crippen molar-refractivity contribution in [3.63, 3.8) is 0 Å². The highest BCUT2D eigenvalue weighted by atomic mass is 16.4. The minimum absolute atomic E-state index is 0.00241. The Balaban J connectivity index is 1.60.